The topological polar surface area (TPSA) is 40.6 Å². The summed E-state index contributed by atoms with van der Waals surface area (Å²) in [6.07, 6.45) is 4.46. The Labute approximate surface area is 111 Å². The maximum Gasteiger partial charge on any atom is 0.236 e. The first-order valence-electron chi connectivity index (χ1n) is 6.51. The molecule has 0 aliphatic heterocycles. The van der Waals surface area contributed by atoms with Crippen molar-refractivity contribution in [3.63, 3.8) is 0 Å². The molecule has 1 amide bonds. The van der Waals surface area contributed by atoms with Crippen LogP contribution in [0.2, 0.25) is 0 Å². The minimum absolute atomic E-state index is 0.0317. The first kappa shape index (κ1) is 16.8. The van der Waals surface area contributed by atoms with E-state index in [1.165, 1.54) is 0 Å². The molecule has 0 N–H and O–H groups in total. The fraction of sp³-hybridized carbons (Fsp3) is 0.714. The molecule has 0 fully saturated rings. The van der Waals surface area contributed by atoms with Gasteiger partial charge in [-0.1, -0.05) is 26.8 Å². The second kappa shape index (κ2) is 8.86. The standard InChI is InChI=1S/C14H26N2O2/c1-6-9-16(11-14(18)15(4)5)10-7-8-13(17)12(2)3/h7-8,12H,6,9-11H2,1-5H3/b8-7+. The molecule has 0 aliphatic carbocycles. The molecule has 0 saturated heterocycles. The van der Waals surface area contributed by atoms with E-state index in [1.807, 2.05) is 24.8 Å². The molecule has 0 aromatic carbocycles. The molecule has 0 aromatic heterocycles. The van der Waals surface area contributed by atoms with E-state index in [0.717, 1.165) is 13.0 Å². The molecule has 0 bridgehead atoms. The van der Waals surface area contributed by atoms with Crippen LogP contribution in [0.1, 0.15) is 27.2 Å². The van der Waals surface area contributed by atoms with Crippen molar-refractivity contribution in [1.29, 1.82) is 0 Å². The van der Waals surface area contributed by atoms with Crippen LogP contribution < -0.4 is 0 Å². The number of hydrogen-bond donors (Lipinski definition) is 0. The van der Waals surface area contributed by atoms with Crippen LogP contribution in [0.15, 0.2) is 12.2 Å². The van der Waals surface area contributed by atoms with Gasteiger partial charge >= 0.3 is 0 Å². The van der Waals surface area contributed by atoms with Gasteiger partial charge in [0.2, 0.25) is 5.91 Å². The van der Waals surface area contributed by atoms with E-state index in [-0.39, 0.29) is 17.6 Å². The van der Waals surface area contributed by atoms with Gasteiger partial charge in [0.1, 0.15) is 0 Å². The Morgan fingerprint density at radius 2 is 1.83 bits per heavy atom. The van der Waals surface area contributed by atoms with Gasteiger partial charge in [0.05, 0.1) is 6.54 Å². The summed E-state index contributed by atoms with van der Waals surface area (Å²) in [7, 11) is 3.51. The molecule has 0 atom stereocenters. The van der Waals surface area contributed by atoms with Crippen LogP contribution in [0, 0.1) is 5.92 Å². The van der Waals surface area contributed by atoms with Crippen molar-refractivity contribution >= 4 is 11.7 Å². The van der Waals surface area contributed by atoms with Gasteiger partial charge in [0.15, 0.2) is 5.78 Å². The first-order valence-corrected chi connectivity index (χ1v) is 6.51. The van der Waals surface area contributed by atoms with E-state index in [4.69, 9.17) is 0 Å². The van der Waals surface area contributed by atoms with Gasteiger partial charge < -0.3 is 4.90 Å². The van der Waals surface area contributed by atoms with Crippen LogP contribution in [0.3, 0.4) is 0 Å². The van der Waals surface area contributed by atoms with Crippen molar-refractivity contribution in [3.8, 4) is 0 Å². The zero-order chi connectivity index (χ0) is 14.1. The first-order chi connectivity index (χ1) is 8.38. The number of allylic oxidation sites excluding steroid dienone is 1. The summed E-state index contributed by atoms with van der Waals surface area (Å²) in [4.78, 5) is 26.7. The maximum atomic E-state index is 11.6. The summed E-state index contributed by atoms with van der Waals surface area (Å²) in [6.45, 7) is 7.75. The number of amides is 1. The van der Waals surface area contributed by atoms with Crippen LogP contribution in [0.25, 0.3) is 0 Å². The summed E-state index contributed by atoms with van der Waals surface area (Å²) >= 11 is 0. The molecule has 0 saturated carbocycles. The lowest BCUT2D eigenvalue weighted by molar-refractivity contribution is -0.129. The highest BCUT2D eigenvalue weighted by molar-refractivity contribution is 5.91. The molecule has 4 nitrogen and oxygen atoms in total. The monoisotopic (exact) mass is 254 g/mol. The molecular formula is C14H26N2O2. The highest BCUT2D eigenvalue weighted by Crippen LogP contribution is 1.98. The molecule has 104 valence electrons. The average Bonchev–Trinajstić information content (AvgIpc) is 2.28. The highest BCUT2D eigenvalue weighted by Gasteiger charge is 2.10. The summed E-state index contributed by atoms with van der Waals surface area (Å²) in [5.41, 5.74) is 0. The van der Waals surface area contributed by atoms with E-state index >= 15 is 0 Å². The van der Waals surface area contributed by atoms with Crippen molar-refractivity contribution < 1.29 is 9.59 Å². The molecule has 18 heavy (non-hydrogen) atoms. The predicted octanol–water partition coefficient (Wildman–Crippen LogP) is 1.57. The third-order valence-electron chi connectivity index (χ3n) is 2.61. The maximum absolute atomic E-state index is 11.6. The molecular weight excluding hydrogens is 228 g/mol. The van der Waals surface area contributed by atoms with Crippen LogP contribution in [0.5, 0.6) is 0 Å². The molecule has 0 rings (SSSR count). The van der Waals surface area contributed by atoms with Crippen molar-refractivity contribution in [3.05, 3.63) is 12.2 Å². The molecule has 0 aliphatic rings. The minimum atomic E-state index is 0.0317. The van der Waals surface area contributed by atoms with Gasteiger partial charge in [-0.2, -0.15) is 0 Å². The number of likely N-dealkylation sites (N-methyl/N-ethyl adjacent to an activating group) is 1. The molecule has 4 heteroatoms. The Balaban J connectivity index is 4.28. The van der Waals surface area contributed by atoms with E-state index in [0.29, 0.717) is 13.1 Å². The summed E-state index contributed by atoms with van der Waals surface area (Å²) in [5.74, 6) is 0.252. The normalized spacial score (nSPS) is 11.5. The largest absolute Gasteiger partial charge is 0.348 e. The van der Waals surface area contributed by atoms with Gasteiger partial charge in [0.25, 0.3) is 0 Å². The van der Waals surface area contributed by atoms with Gasteiger partial charge in [0, 0.05) is 26.6 Å². The SMILES string of the molecule is CCCN(C/C=C/C(=O)C(C)C)CC(=O)N(C)C. The van der Waals surface area contributed by atoms with Crippen molar-refractivity contribution in [2.24, 2.45) is 5.92 Å². The number of carbonyl (C=O) groups is 2. The molecule has 0 aromatic rings. The number of nitrogens with zero attached hydrogens (tertiary/aromatic N) is 2. The summed E-state index contributed by atoms with van der Waals surface area (Å²) < 4.78 is 0. The fourth-order valence-corrected chi connectivity index (χ4v) is 1.39. The second-order valence-electron chi connectivity index (χ2n) is 4.98. The van der Waals surface area contributed by atoms with E-state index < -0.39 is 0 Å². The molecule has 0 spiro atoms. The van der Waals surface area contributed by atoms with Crippen LogP contribution in [-0.4, -0.2) is 55.2 Å². The number of hydrogen-bond acceptors (Lipinski definition) is 3. The van der Waals surface area contributed by atoms with E-state index in [9.17, 15) is 9.59 Å². The smallest absolute Gasteiger partial charge is 0.236 e. The van der Waals surface area contributed by atoms with Gasteiger partial charge in [-0.25, -0.2) is 0 Å². The van der Waals surface area contributed by atoms with Crippen LogP contribution >= 0.6 is 0 Å². The Morgan fingerprint density at radius 3 is 2.28 bits per heavy atom. The lowest BCUT2D eigenvalue weighted by atomic mass is 10.1. The van der Waals surface area contributed by atoms with Crippen LogP contribution in [-0.2, 0) is 9.59 Å². The summed E-state index contributed by atoms with van der Waals surface area (Å²) in [5, 5.41) is 0. The minimum Gasteiger partial charge on any atom is -0.348 e. The van der Waals surface area contributed by atoms with Gasteiger partial charge in [-0.3, -0.25) is 14.5 Å². The van der Waals surface area contributed by atoms with Crippen LogP contribution in [0.4, 0.5) is 0 Å². The highest BCUT2D eigenvalue weighted by atomic mass is 16.2. The quantitative estimate of drug-likeness (QED) is 0.617. The Hall–Kier alpha value is -1.16. The van der Waals surface area contributed by atoms with E-state index in [1.54, 1.807) is 25.1 Å². The lowest BCUT2D eigenvalue weighted by Crippen LogP contribution is -2.37. The van der Waals surface area contributed by atoms with Crippen molar-refractivity contribution in [2.75, 3.05) is 33.7 Å². The fourth-order valence-electron chi connectivity index (χ4n) is 1.39. The molecule has 0 radical (unpaired) electrons. The van der Waals surface area contributed by atoms with Crippen molar-refractivity contribution in [1.82, 2.24) is 9.80 Å². The van der Waals surface area contributed by atoms with E-state index in [2.05, 4.69) is 6.92 Å². The summed E-state index contributed by atoms with van der Waals surface area (Å²) in [6, 6.07) is 0. The molecule has 0 unspecified atom stereocenters. The number of ketones is 1. The average molecular weight is 254 g/mol. The van der Waals surface area contributed by atoms with Gasteiger partial charge in [-0.05, 0) is 19.0 Å². The Morgan fingerprint density at radius 1 is 1.22 bits per heavy atom. The van der Waals surface area contributed by atoms with Crippen molar-refractivity contribution in [2.45, 2.75) is 27.2 Å². The zero-order valence-electron chi connectivity index (χ0n) is 12.3. The van der Waals surface area contributed by atoms with Gasteiger partial charge in [-0.15, -0.1) is 0 Å². The molecule has 0 heterocycles. The number of carbonyl (C=O) groups excluding carboxylic acids is 2. The zero-order valence-corrected chi connectivity index (χ0v) is 12.3. The third kappa shape index (κ3) is 7.22. The third-order valence-corrected chi connectivity index (χ3v) is 2.61. The number of rotatable bonds is 8. The second-order valence-corrected chi connectivity index (χ2v) is 4.98. The Kier molecular flexibility index (Phi) is 8.29. The lowest BCUT2D eigenvalue weighted by Gasteiger charge is -2.21. The predicted molar refractivity (Wildman–Crippen MR) is 74.4 cm³/mol. The Bertz CT molecular complexity index is 296.